The second-order valence-electron chi connectivity index (χ2n) is 8.17. The summed E-state index contributed by atoms with van der Waals surface area (Å²) in [6.07, 6.45) is 8.29. The van der Waals surface area contributed by atoms with E-state index in [4.69, 9.17) is 9.72 Å². The molecule has 0 fully saturated rings. The summed E-state index contributed by atoms with van der Waals surface area (Å²) in [6, 6.07) is 14.5. The van der Waals surface area contributed by atoms with Gasteiger partial charge in [0, 0.05) is 19.5 Å². The van der Waals surface area contributed by atoms with E-state index in [0.29, 0.717) is 6.61 Å². The number of hydrogen-bond acceptors (Lipinski definition) is 3. The lowest BCUT2D eigenvalue weighted by atomic mass is 10.1. The second-order valence-corrected chi connectivity index (χ2v) is 8.17. The van der Waals surface area contributed by atoms with Gasteiger partial charge in [0.25, 0.3) is 0 Å². The molecule has 32 heavy (non-hydrogen) atoms. The largest absolute Gasteiger partial charge is 0.493 e. The summed E-state index contributed by atoms with van der Waals surface area (Å²) in [4.78, 5) is 16.4. The molecule has 0 aliphatic rings. The summed E-state index contributed by atoms with van der Waals surface area (Å²) in [5.41, 5.74) is 4.71. The first-order chi connectivity index (χ1) is 15.6. The van der Waals surface area contributed by atoms with Gasteiger partial charge in [-0.05, 0) is 75.4 Å². The number of benzene rings is 2. The molecule has 0 aliphatic carbocycles. The van der Waals surface area contributed by atoms with Crippen LogP contribution in [0.5, 0.6) is 5.75 Å². The van der Waals surface area contributed by atoms with E-state index < -0.39 is 0 Å². The molecule has 2 aromatic carbocycles. The van der Waals surface area contributed by atoms with Crippen LogP contribution in [0, 0.1) is 13.8 Å². The van der Waals surface area contributed by atoms with Crippen molar-refractivity contribution in [1.82, 2.24) is 14.9 Å². The minimum Gasteiger partial charge on any atom is -0.493 e. The summed E-state index contributed by atoms with van der Waals surface area (Å²) in [6.45, 7) is 8.36. The number of para-hydroxylation sites is 2. The SMILES string of the molecule is C/C=C/C(=O)NCCCCCc1nc2ccccc2n1CCCOc1cccc(C)c1C. The van der Waals surface area contributed by atoms with E-state index in [0.717, 1.165) is 62.3 Å². The van der Waals surface area contributed by atoms with E-state index in [2.05, 4.69) is 48.0 Å². The molecular weight excluding hydrogens is 398 g/mol. The molecule has 1 heterocycles. The number of rotatable bonds is 12. The summed E-state index contributed by atoms with van der Waals surface area (Å²) < 4.78 is 8.40. The van der Waals surface area contributed by atoms with E-state index in [1.807, 2.05) is 25.1 Å². The van der Waals surface area contributed by atoms with Crippen molar-refractivity contribution in [3.63, 3.8) is 0 Å². The van der Waals surface area contributed by atoms with Gasteiger partial charge in [-0.2, -0.15) is 0 Å². The lowest BCUT2D eigenvalue weighted by Crippen LogP contribution is -2.21. The Morgan fingerprint density at radius 3 is 2.75 bits per heavy atom. The second kappa shape index (κ2) is 12.1. The summed E-state index contributed by atoms with van der Waals surface area (Å²) in [7, 11) is 0. The van der Waals surface area contributed by atoms with Gasteiger partial charge < -0.3 is 14.6 Å². The molecule has 0 saturated heterocycles. The monoisotopic (exact) mass is 433 g/mol. The summed E-state index contributed by atoms with van der Waals surface area (Å²) >= 11 is 0. The molecule has 0 spiro atoms. The summed E-state index contributed by atoms with van der Waals surface area (Å²) in [5, 5.41) is 2.91. The highest BCUT2D eigenvalue weighted by Crippen LogP contribution is 2.22. The van der Waals surface area contributed by atoms with Gasteiger partial charge in [0.1, 0.15) is 11.6 Å². The van der Waals surface area contributed by atoms with Crippen LogP contribution in [0.4, 0.5) is 0 Å². The predicted octanol–water partition coefficient (Wildman–Crippen LogP) is 5.53. The normalized spacial score (nSPS) is 11.3. The van der Waals surface area contributed by atoms with Gasteiger partial charge in [0.2, 0.25) is 5.91 Å². The number of amides is 1. The van der Waals surface area contributed by atoms with Crippen LogP contribution in [0.15, 0.2) is 54.6 Å². The molecule has 0 unspecified atom stereocenters. The molecule has 0 radical (unpaired) electrons. The predicted molar refractivity (Wildman–Crippen MR) is 131 cm³/mol. The molecule has 5 nitrogen and oxygen atoms in total. The van der Waals surface area contributed by atoms with Crippen molar-refractivity contribution in [2.24, 2.45) is 0 Å². The number of aryl methyl sites for hydroxylation is 3. The van der Waals surface area contributed by atoms with Crippen molar-refractivity contribution in [3.05, 3.63) is 71.6 Å². The van der Waals surface area contributed by atoms with E-state index in [9.17, 15) is 4.79 Å². The van der Waals surface area contributed by atoms with E-state index in [-0.39, 0.29) is 5.91 Å². The number of fused-ring (bicyclic) bond motifs is 1. The topological polar surface area (TPSA) is 56.2 Å². The number of unbranched alkanes of at least 4 members (excludes halogenated alkanes) is 2. The first kappa shape index (κ1) is 23.6. The number of hydrogen-bond donors (Lipinski definition) is 1. The fourth-order valence-electron chi connectivity index (χ4n) is 3.86. The summed E-state index contributed by atoms with van der Waals surface area (Å²) in [5.74, 6) is 2.09. The van der Waals surface area contributed by atoms with Crippen LogP contribution >= 0.6 is 0 Å². The van der Waals surface area contributed by atoms with Gasteiger partial charge in [0.05, 0.1) is 17.6 Å². The Balaban J connectivity index is 1.52. The Hall–Kier alpha value is -3.08. The van der Waals surface area contributed by atoms with E-state index in [1.165, 1.54) is 16.6 Å². The highest BCUT2D eigenvalue weighted by molar-refractivity contribution is 5.87. The van der Waals surface area contributed by atoms with Gasteiger partial charge in [0.15, 0.2) is 0 Å². The van der Waals surface area contributed by atoms with Gasteiger partial charge in [-0.3, -0.25) is 4.79 Å². The molecule has 0 aliphatic heterocycles. The molecule has 1 N–H and O–H groups in total. The maximum absolute atomic E-state index is 11.5. The van der Waals surface area contributed by atoms with Crippen molar-refractivity contribution >= 4 is 16.9 Å². The number of nitrogens with one attached hydrogen (secondary N) is 1. The van der Waals surface area contributed by atoms with E-state index >= 15 is 0 Å². The fraction of sp³-hybridized carbons (Fsp3) is 0.407. The van der Waals surface area contributed by atoms with Crippen molar-refractivity contribution in [3.8, 4) is 5.75 Å². The lowest BCUT2D eigenvalue weighted by Gasteiger charge is -2.12. The first-order valence-corrected chi connectivity index (χ1v) is 11.6. The quantitative estimate of drug-likeness (QED) is 0.302. The van der Waals surface area contributed by atoms with Crippen molar-refractivity contribution in [1.29, 1.82) is 0 Å². The van der Waals surface area contributed by atoms with Gasteiger partial charge in [-0.1, -0.05) is 36.8 Å². The van der Waals surface area contributed by atoms with Crippen LogP contribution in [0.1, 0.15) is 49.6 Å². The Kier molecular flexibility index (Phi) is 8.90. The zero-order valence-corrected chi connectivity index (χ0v) is 19.6. The Morgan fingerprint density at radius 1 is 1.06 bits per heavy atom. The Morgan fingerprint density at radius 2 is 1.91 bits per heavy atom. The minimum absolute atomic E-state index is 0.0163. The van der Waals surface area contributed by atoms with Crippen LogP contribution < -0.4 is 10.1 Å². The number of ether oxygens (including phenoxy) is 1. The van der Waals surface area contributed by atoms with Gasteiger partial charge >= 0.3 is 0 Å². The molecule has 0 atom stereocenters. The molecule has 1 aromatic heterocycles. The number of carbonyl (C=O) groups is 1. The van der Waals surface area contributed by atoms with Crippen LogP contribution in [0.3, 0.4) is 0 Å². The standard InChI is InChI=1S/C27H35N3O2/c1-4-12-27(31)28-18-9-5-6-17-26-29-23-14-7-8-15-24(23)30(26)19-11-20-32-25-16-10-13-21(2)22(25)3/h4,7-8,10,12-16H,5-6,9,11,17-20H2,1-3H3,(H,28,31)/b12-4+. The molecule has 3 aromatic rings. The fourth-order valence-corrected chi connectivity index (χ4v) is 3.86. The average molecular weight is 434 g/mol. The number of imidazole rings is 1. The molecular formula is C27H35N3O2. The van der Waals surface area contributed by atoms with Crippen LogP contribution in [-0.2, 0) is 17.8 Å². The van der Waals surface area contributed by atoms with Crippen molar-refractivity contribution in [2.45, 2.75) is 59.4 Å². The number of allylic oxidation sites excluding steroid dienone is 1. The van der Waals surface area contributed by atoms with Crippen molar-refractivity contribution < 1.29 is 9.53 Å². The zero-order chi connectivity index (χ0) is 22.8. The minimum atomic E-state index is -0.0163. The number of carbonyl (C=O) groups excluding carboxylic acids is 1. The average Bonchev–Trinajstić information content (AvgIpc) is 3.14. The number of aromatic nitrogens is 2. The van der Waals surface area contributed by atoms with E-state index in [1.54, 1.807) is 12.2 Å². The lowest BCUT2D eigenvalue weighted by molar-refractivity contribution is -0.116. The van der Waals surface area contributed by atoms with Gasteiger partial charge in [-0.25, -0.2) is 4.98 Å². The zero-order valence-electron chi connectivity index (χ0n) is 19.6. The Bertz CT molecular complexity index is 1050. The highest BCUT2D eigenvalue weighted by atomic mass is 16.5. The van der Waals surface area contributed by atoms with Crippen LogP contribution in [0.2, 0.25) is 0 Å². The molecule has 170 valence electrons. The number of nitrogens with zero attached hydrogens (tertiary/aromatic N) is 2. The molecule has 5 heteroatoms. The first-order valence-electron chi connectivity index (χ1n) is 11.6. The maximum Gasteiger partial charge on any atom is 0.243 e. The molecule has 0 saturated carbocycles. The third-order valence-corrected chi connectivity index (χ3v) is 5.77. The highest BCUT2D eigenvalue weighted by Gasteiger charge is 2.10. The maximum atomic E-state index is 11.5. The van der Waals surface area contributed by atoms with Crippen LogP contribution in [0.25, 0.3) is 11.0 Å². The third kappa shape index (κ3) is 6.46. The molecule has 1 amide bonds. The Labute approximate surface area is 191 Å². The molecule has 0 bridgehead atoms. The van der Waals surface area contributed by atoms with Crippen LogP contribution in [-0.4, -0.2) is 28.6 Å². The molecule has 3 rings (SSSR count). The smallest absolute Gasteiger partial charge is 0.243 e. The third-order valence-electron chi connectivity index (χ3n) is 5.77. The van der Waals surface area contributed by atoms with Gasteiger partial charge in [-0.15, -0.1) is 0 Å². The van der Waals surface area contributed by atoms with Crippen molar-refractivity contribution in [2.75, 3.05) is 13.2 Å².